The molecule has 0 rings (SSSR count). The van der Waals surface area contributed by atoms with E-state index in [2.05, 4.69) is 13.5 Å². The third-order valence-corrected chi connectivity index (χ3v) is 2.01. The number of methoxy groups -OCH3 is 1. The minimum absolute atomic E-state index is 0.221. The Labute approximate surface area is 75.2 Å². The molecular formula is C10H20O2. The Balaban J connectivity index is 3.24. The first kappa shape index (κ1) is 11.7. The summed E-state index contributed by atoms with van der Waals surface area (Å²) in [6.45, 7) is 6.15. The van der Waals surface area contributed by atoms with Crippen molar-refractivity contribution in [2.75, 3.05) is 13.7 Å². The second-order valence-electron chi connectivity index (χ2n) is 3.16. The van der Waals surface area contributed by atoms with E-state index in [1.807, 2.05) is 0 Å². The Morgan fingerprint density at radius 2 is 2.17 bits per heavy atom. The molecule has 0 aromatic carbocycles. The highest BCUT2D eigenvalue weighted by atomic mass is 16.5. The summed E-state index contributed by atoms with van der Waals surface area (Å²) in [5.74, 6) is 0. The molecule has 1 atom stereocenters. The minimum Gasteiger partial charge on any atom is -0.396 e. The van der Waals surface area contributed by atoms with E-state index >= 15 is 0 Å². The van der Waals surface area contributed by atoms with Crippen molar-refractivity contribution in [3.8, 4) is 0 Å². The van der Waals surface area contributed by atoms with Crippen molar-refractivity contribution in [3.05, 3.63) is 12.2 Å². The van der Waals surface area contributed by atoms with Gasteiger partial charge in [0.2, 0.25) is 0 Å². The predicted molar refractivity (Wildman–Crippen MR) is 51.2 cm³/mol. The van der Waals surface area contributed by atoms with Gasteiger partial charge < -0.3 is 9.84 Å². The molecule has 0 heterocycles. The van der Waals surface area contributed by atoms with Crippen molar-refractivity contribution in [2.45, 2.75) is 38.7 Å². The lowest BCUT2D eigenvalue weighted by Crippen LogP contribution is -2.04. The molecule has 0 fully saturated rings. The topological polar surface area (TPSA) is 29.5 Å². The van der Waals surface area contributed by atoms with Gasteiger partial charge in [-0.15, -0.1) is 0 Å². The Morgan fingerprint density at radius 3 is 2.67 bits per heavy atom. The molecule has 72 valence electrons. The smallest absolute Gasteiger partial charge is 0.0543 e. The quantitative estimate of drug-likeness (QED) is 0.596. The summed E-state index contributed by atoms with van der Waals surface area (Å²) in [4.78, 5) is 0. The van der Waals surface area contributed by atoms with Crippen LogP contribution in [-0.4, -0.2) is 24.9 Å². The number of aliphatic hydroxyl groups is 1. The SMILES string of the molecule is C=C(CCO)CCCC(C)OC. The zero-order valence-electron chi connectivity index (χ0n) is 8.18. The molecule has 0 spiro atoms. The Morgan fingerprint density at radius 1 is 1.50 bits per heavy atom. The molecule has 0 aliphatic rings. The zero-order valence-corrected chi connectivity index (χ0v) is 8.18. The number of aliphatic hydroxyl groups excluding tert-OH is 1. The van der Waals surface area contributed by atoms with E-state index in [1.165, 1.54) is 0 Å². The third-order valence-electron chi connectivity index (χ3n) is 2.01. The lowest BCUT2D eigenvalue weighted by Gasteiger charge is -2.09. The molecule has 1 N–H and O–H groups in total. The van der Waals surface area contributed by atoms with Crippen molar-refractivity contribution in [2.24, 2.45) is 0 Å². The first-order chi connectivity index (χ1) is 5.70. The Hall–Kier alpha value is -0.340. The van der Waals surface area contributed by atoms with Gasteiger partial charge in [-0.05, 0) is 32.6 Å². The lowest BCUT2D eigenvalue weighted by molar-refractivity contribution is 0.109. The Bertz CT molecular complexity index is 121. The van der Waals surface area contributed by atoms with E-state index in [0.717, 1.165) is 31.3 Å². The first-order valence-corrected chi connectivity index (χ1v) is 4.51. The van der Waals surface area contributed by atoms with Gasteiger partial charge in [0.15, 0.2) is 0 Å². The van der Waals surface area contributed by atoms with Gasteiger partial charge in [0.25, 0.3) is 0 Å². The highest BCUT2D eigenvalue weighted by Crippen LogP contribution is 2.10. The van der Waals surface area contributed by atoms with Gasteiger partial charge >= 0.3 is 0 Å². The van der Waals surface area contributed by atoms with E-state index in [4.69, 9.17) is 9.84 Å². The van der Waals surface area contributed by atoms with Crippen LogP contribution in [-0.2, 0) is 4.74 Å². The molecule has 0 aromatic rings. The molecule has 2 nitrogen and oxygen atoms in total. The molecule has 0 aliphatic carbocycles. The van der Waals surface area contributed by atoms with Crippen LogP contribution in [0, 0.1) is 0 Å². The van der Waals surface area contributed by atoms with Crippen LogP contribution in [0.25, 0.3) is 0 Å². The van der Waals surface area contributed by atoms with Gasteiger partial charge in [0.1, 0.15) is 0 Å². The van der Waals surface area contributed by atoms with E-state index < -0.39 is 0 Å². The van der Waals surface area contributed by atoms with Crippen LogP contribution >= 0.6 is 0 Å². The lowest BCUT2D eigenvalue weighted by atomic mass is 10.1. The minimum atomic E-state index is 0.221. The highest BCUT2D eigenvalue weighted by Gasteiger charge is 1.99. The molecule has 2 heteroatoms. The maximum absolute atomic E-state index is 8.61. The summed E-state index contributed by atoms with van der Waals surface area (Å²) in [5.41, 5.74) is 1.14. The largest absolute Gasteiger partial charge is 0.396 e. The van der Waals surface area contributed by atoms with Gasteiger partial charge in [-0.2, -0.15) is 0 Å². The maximum Gasteiger partial charge on any atom is 0.0543 e. The highest BCUT2D eigenvalue weighted by molar-refractivity contribution is 4.93. The van der Waals surface area contributed by atoms with Crippen molar-refractivity contribution >= 4 is 0 Å². The zero-order chi connectivity index (χ0) is 9.40. The van der Waals surface area contributed by atoms with Crippen LogP contribution < -0.4 is 0 Å². The van der Waals surface area contributed by atoms with Crippen LogP contribution in [0.2, 0.25) is 0 Å². The number of hydrogen-bond donors (Lipinski definition) is 1. The summed E-state index contributed by atoms with van der Waals surface area (Å²) in [6, 6.07) is 0. The summed E-state index contributed by atoms with van der Waals surface area (Å²) in [6.07, 6.45) is 4.26. The summed E-state index contributed by atoms with van der Waals surface area (Å²) in [5, 5.41) is 8.61. The van der Waals surface area contributed by atoms with E-state index in [1.54, 1.807) is 7.11 Å². The van der Waals surface area contributed by atoms with Gasteiger partial charge in [0.05, 0.1) is 6.10 Å². The fraction of sp³-hybridized carbons (Fsp3) is 0.800. The molecule has 12 heavy (non-hydrogen) atoms. The average Bonchev–Trinajstić information content (AvgIpc) is 2.04. The predicted octanol–water partition coefficient (Wildman–Crippen LogP) is 2.13. The van der Waals surface area contributed by atoms with Gasteiger partial charge in [-0.25, -0.2) is 0 Å². The fourth-order valence-corrected chi connectivity index (χ4v) is 1.04. The summed E-state index contributed by atoms with van der Waals surface area (Å²) in [7, 11) is 1.73. The van der Waals surface area contributed by atoms with Crippen LogP contribution in [0.4, 0.5) is 0 Å². The molecule has 0 saturated carbocycles. The molecule has 0 aromatic heterocycles. The van der Waals surface area contributed by atoms with Gasteiger partial charge in [0, 0.05) is 13.7 Å². The molecule has 1 unspecified atom stereocenters. The van der Waals surface area contributed by atoms with Crippen LogP contribution in [0.1, 0.15) is 32.6 Å². The monoisotopic (exact) mass is 172 g/mol. The molecule has 0 amide bonds. The van der Waals surface area contributed by atoms with Crippen molar-refractivity contribution in [1.29, 1.82) is 0 Å². The van der Waals surface area contributed by atoms with Gasteiger partial charge in [-0.1, -0.05) is 12.2 Å². The van der Waals surface area contributed by atoms with Crippen molar-refractivity contribution < 1.29 is 9.84 Å². The van der Waals surface area contributed by atoms with Crippen LogP contribution in [0.3, 0.4) is 0 Å². The van der Waals surface area contributed by atoms with E-state index in [9.17, 15) is 0 Å². The van der Waals surface area contributed by atoms with Crippen molar-refractivity contribution in [3.63, 3.8) is 0 Å². The molecule has 0 saturated heterocycles. The third kappa shape index (κ3) is 6.38. The summed E-state index contributed by atoms with van der Waals surface area (Å²) < 4.78 is 5.11. The van der Waals surface area contributed by atoms with Gasteiger partial charge in [-0.3, -0.25) is 0 Å². The molecule has 0 aliphatic heterocycles. The number of ether oxygens (including phenoxy) is 1. The second-order valence-corrected chi connectivity index (χ2v) is 3.16. The normalized spacial score (nSPS) is 12.9. The first-order valence-electron chi connectivity index (χ1n) is 4.51. The molecule has 0 bridgehead atoms. The second kappa shape index (κ2) is 7.32. The standard InChI is InChI=1S/C10H20O2/c1-9(7-8-11)5-4-6-10(2)12-3/h10-11H,1,4-8H2,2-3H3. The fourth-order valence-electron chi connectivity index (χ4n) is 1.04. The Kier molecular flexibility index (Phi) is 7.11. The van der Waals surface area contributed by atoms with E-state index in [-0.39, 0.29) is 6.61 Å². The summed E-state index contributed by atoms with van der Waals surface area (Å²) >= 11 is 0. The van der Waals surface area contributed by atoms with Crippen LogP contribution in [0.15, 0.2) is 12.2 Å². The maximum atomic E-state index is 8.61. The average molecular weight is 172 g/mol. The van der Waals surface area contributed by atoms with E-state index in [0.29, 0.717) is 6.10 Å². The van der Waals surface area contributed by atoms with Crippen LogP contribution in [0.5, 0.6) is 0 Å². The number of rotatable bonds is 7. The van der Waals surface area contributed by atoms with Crippen molar-refractivity contribution in [1.82, 2.24) is 0 Å². The number of hydrogen-bond acceptors (Lipinski definition) is 2. The molecule has 0 radical (unpaired) electrons. The molecular weight excluding hydrogens is 152 g/mol.